The normalized spacial score (nSPS) is 14.6. The molecule has 17 heavy (non-hydrogen) atoms. The fourth-order valence-corrected chi connectivity index (χ4v) is 2.14. The van der Waals surface area contributed by atoms with Crippen molar-refractivity contribution in [2.24, 2.45) is 0 Å². The van der Waals surface area contributed by atoms with Crippen molar-refractivity contribution in [2.45, 2.75) is 26.0 Å². The first-order chi connectivity index (χ1) is 8.43. The maximum atomic E-state index is 5.35. The molecule has 0 unspecified atom stereocenters. The number of aromatic nitrogens is 3. The summed E-state index contributed by atoms with van der Waals surface area (Å²) < 4.78 is 7.54. The zero-order valence-electron chi connectivity index (χ0n) is 9.67. The molecule has 1 aromatic carbocycles. The predicted octanol–water partition coefficient (Wildman–Crippen LogP) is 1.59. The van der Waals surface area contributed by atoms with Crippen LogP contribution in [0.1, 0.15) is 17.2 Å². The molecule has 0 saturated carbocycles. The van der Waals surface area contributed by atoms with Crippen LogP contribution in [0, 0.1) is 0 Å². The lowest BCUT2D eigenvalue weighted by Crippen LogP contribution is -2.18. The maximum absolute atomic E-state index is 5.35. The van der Waals surface area contributed by atoms with Gasteiger partial charge in [-0.05, 0) is 12.0 Å². The second-order valence-corrected chi connectivity index (χ2v) is 4.22. The molecule has 0 bridgehead atoms. The van der Waals surface area contributed by atoms with Gasteiger partial charge in [0.15, 0.2) is 5.82 Å². The molecule has 0 amide bonds. The molecule has 0 atom stereocenters. The summed E-state index contributed by atoms with van der Waals surface area (Å²) in [7, 11) is 0. The minimum absolute atomic E-state index is 0.596. The van der Waals surface area contributed by atoms with E-state index in [1.54, 1.807) is 0 Å². The van der Waals surface area contributed by atoms with Gasteiger partial charge in [0.05, 0.1) is 6.61 Å². The molecule has 0 radical (unpaired) electrons. The molecule has 4 nitrogen and oxygen atoms in total. The van der Waals surface area contributed by atoms with Gasteiger partial charge in [-0.3, -0.25) is 0 Å². The van der Waals surface area contributed by atoms with Crippen molar-refractivity contribution in [3.05, 3.63) is 47.5 Å². The number of benzene rings is 1. The molecule has 3 rings (SSSR count). The van der Waals surface area contributed by atoms with Crippen LogP contribution in [-0.4, -0.2) is 21.4 Å². The van der Waals surface area contributed by atoms with E-state index in [4.69, 9.17) is 4.74 Å². The summed E-state index contributed by atoms with van der Waals surface area (Å²) in [4.78, 5) is 0. The van der Waals surface area contributed by atoms with Crippen LogP contribution in [0.5, 0.6) is 0 Å². The molecular formula is C13H15N3O. The molecule has 0 fully saturated rings. The second kappa shape index (κ2) is 4.67. The number of ether oxygens (including phenoxy) is 1. The maximum Gasteiger partial charge on any atom is 0.159 e. The van der Waals surface area contributed by atoms with Crippen molar-refractivity contribution in [3.8, 4) is 0 Å². The van der Waals surface area contributed by atoms with Crippen molar-refractivity contribution in [1.29, 1.82) is 0 Å². The number of nitrogens with zero attached hydrogens (tertiary/aromatic N) is 3. The third-order valence-electron chi connectivity index (χ3n) is 3.07. The highest BCUT2D eigenvalue weighted by molar-refractivity contribution is 5.15. The van der Waals surface area contributed by atoms with Gasteiger partial charge in [0.25, 0.3) is 0 Å². The van der Waals surface area contributed by atoms with Crippen molar-refractivity contribution in [3.63, 3.8) is 0 Å². The fourth-order valence-electron chi connectivity index (χ4n) is 2.14. The molecule has 0 aliphatic carbocycles. The summed E-state index contributed by atoms with van der Waals surface area (Å²) in [6.07, 6.45) is 1.96. The molecule has 4 heteroatoms. The van der Waals surface area contributed by atoms with Crippen LogP contribution >= 0.6 is 0 Å². The minimum Gasteiger partial charge on any atom is -0.372 e. The lowest BCUT2D eigenvalue weighted by Gasteiger charge is -2.15. The van der Waals surface area contributed by atoms with Gasteiger partial charge < -0.3 is 9.30 Å². The molecule has 88 valence electrons. The molecular weight excluding hydrogens is 214 g/mol. The van der Waals surface area contributed by atoms with Crippen molar-refractivity contribution >= 4 is 0 Å². The van der Waals surface area contributed by atoms with Gasteiger partial charge in [0, 0.05) is 13.0 Å². The largest absolute Gasteiger partial charge is 0.372 e. The first-order valence-electron chi connectivity index (χ1n) is 5.96. The van der Waals surface area contributed by atoms with Gasteiger partial charge in [-0.15, -0.1) is 10.2 Å². The molecule has 2 aromatic rings. The molecule has 0 saturated heterocycles. The molecule has 0 N–H and O–H groups in total. The average molecular weight is 229 g/mol. The Kier molecular flexibility index (Phi) is 2.88. The van der Waals surface area contributed by atoms with Gasteiger partial charge in [-0.1, -0.05) is 30.3 Å². The third kappa shape index (κ3) is 2.22. The van der Waals surface area contributed by atoms with Gasteiger partial charge in [0.2, 0.25) is 0 Å². The van der Waals surface area contributed by atoms with Crippen LogP contribution in [0.2, 0.25) is 0 Å². The van der Waals surface area contributed by atoms with Gasteiger partial charge in [0.1, 0.15) is 12.4 Å². The van der Waals surface area contributed by atoms with E-state index in [0.717, 1.165) is 37.6 Å². The zero-order valence-corrected chi connectivity index (χ0v) is 9.67. The number of fused-ring (bicyclic) bond motifs is 1. The highest BCUT2D eigenvalue weighted by Crippen LogP contribution is 2.11. The lowest BCUT2D eigenvalue weighted by molar-refractivity contribution is 0.0806. The molecule has 1 aromatic heterocycles. The van der Waals surface area contributed by atoms with Gasteiger partial charge in [-0.25, -0.2) is 0 Å². The van der Waals surface area contributed by atoms with E-state index in [1.165, 1.54) is 5.56 Å². The van der Waals surface area contributed by atoms with Crippen LogP contribution in [0.3, 0.4) is 0 Å². The van der Waals surface area contributed by atoms with Crippen LogP contribution < -0.4 is 0 Å². The summed E-state index contributed by atoms with van der Waals surface area (Å²) in [5.41, 5.74) is 1.34. The van der Waals surface area contributed by atoms with Crippen molar-refractivity contribution in [1.82, 2.24) is 14.8 Å². The Hall–Kier alpha value is -1.68. The van der Waals surface area contributed by atoms with Crippen molar-refractivity contribution < 1.29 is 4.74 Å². The van der Waals surface area contributed by atoms with E-state index in [1.807, 2.05) is 6.07 Å². The fraction of sp³-hybridized carbons (Fsp3) is 0.385. The van der Waals surface area contributed by atoms with Crippen LogP contribution in [-0.2, 0) is 30.7 Å². The summed E-state index contributed by atoms with van der Waals surface area (Å²) >= 11 is 0. The Bertz CT molecular complexity index is 493. The van der Waals surface area contributed by atoms with E-state index in [0.29, 0.717) is 6.61 Å². The Balaban J connectivity index is 1.71. The summed E-state index contributed by atoms with van der Waals surface area (Å²) in [5.74, 6) is 2.03. The minimum atomic E-state index is 0.596. The molecule has 2 heterocycles. The first kappa shape index (κ1) is 10.5. The summed E-state index contributed by atoms with van der Waals surface area (Å²) in [6, 6.07) is 10.5. The van der Waals surface area contributed by atoms with E-state index >= 15 is 0 Å². The highest BCUT2D eigenvalue weighted by atomic mass is 16.5. The highest BCUT2D eigenvalue weighted by Gasteiger charge is 2.15. The number of rotatable bonds is 3. The van der Waals surface area contributed by atoms with Gasteiger partial charge >= 0.3 is 0 Å². The average Bonchev–Trinajstić information content (AvgIpc) is 2.81. The Morgan fingerprint density at radius 2 is 2.00 bits per heavy atom. The molecule has 1 aliphatic heterocycles. The van der Waals surface area contributed by atoms with Crippen LogP contribution in [0.25, 0.3) is 0 Å². The lowest BCUT2D eigenvalue weighted by atomic mass is 10.1. The first-order valence-corrected chi connectivity index (χ1v) is 5.96. The van der Waals surface area contributed by atoms with Crippen LogP contribution in [0.15, 0.2) is 30.3 Å². The number of hydrogen-bond donors (Lipinski definition) is 0. The monoisotopic (exact) mass is 229 g/mol. The number of hydrogen-bond acceptors (Lipinski definition) is 3. The summed E-state index contributed by atoms with van der Waals surface area (Å²) in [6.45, 7) is 2.24. The molecule has 0 spiro atoms. The Morgan fingerprint density at radius 3 is 2.88 bits per heavy atom. The van der Waals surface area contributed by atoms with E-state index < -0.39 is 0 Å². The van der Waals surface area contributed by atoms with E-state index in [-0.39, 0.29) is 0 Å². The topological polar surface area (TPSA) is 39.9 Å². The van der Waals surface area contributed by atoms with Crippen molar-refractivity contribution in [2.75, 3.05) is 6.61 Å². The molecule has 1 aliphatic rings. The smallest absolute Gasteiger partial charge is 0.159 e. The quantitative estimate of drug-likeness (QED) is 0.802. The van der Waals surface area contributed by atoms with E-state index in [2.05, 4.69) is 39.0 Å². The Labute approximate surface area is 100 Å². The standard InChI is InChI=1S/C13H15N3O/c1-2-4-11(5-3-1)6-7-12-14-15-13-10-17-9-8-16(12)13/h1-5H,6-10H2. The predicted molar refractivity (Wildman–Crippen MR) is 63.5 cm³/mol. The SMILES string of the molecule is c1ccc(CCc2nnc3n2CCOC3)cc1. The second-order valence-electron chi connectivity index (χ2n) is 4.22. The summed E-state index contributed by atoms with van der Waals surface area (Å²) in [5, 5.41) is 8.40. The van der Waals surface area contributed by atoms with Crippen LogP contribution in [0.4, 0.5) is 0 Å². The van der Waals surface area contributed by atoms with E-state index in [9.17, 15) is 0 Å². The van der Waals surface area contributed by atoms with Gasteiger partial charge in [-0.2, -0.15) is 0 Å². The zero-order chi connectivity index (χ0) is 11.5. The Morgan fingerprint density at radius 1 is 1.12 bits per heavy atom. The third-order valence-corrected chi connectivity index (χ3v) is 3.07. The number of aryl methyl sites for hydroxylation is 2.